The number of hydrogen-bond acceptors (Lipinski definition) is 6. The van der Waals surface area contributed by atoms with Crippen LogP contribution in [0.2, 0.25) is 0 Å². The number of aliphatic hydroxyl groups excluding tert-OH is 1. The van der Waals surface area contributed by atoms with E-state index in [1.165, 1.54) is 0 Å². The van der Waals surface area contributed by atoms with Gasteiger partial charge in [0, 0.05) is 63.6 Å². The molecule has 0 amide bonds. The predicted octanol–water partition coefficient (Wildman–Crippen LogP) is 0.00678. The molecule has 8 heteroatoms. The smallest absolute Gasteiger partial charge is 0.147 e. The summed E-state index contributed by atoms with van der Waals surface area (Å²) in [5, 5.41) is 9.53. The van der Waals surface area contributed by atoms with Crippen LogP contribution in [0, 0.1) is 75.4 Å². The molecule has 3 heterocycles. The summed E-state index contributed by atoms with van der Waals surface area (Å²) in [6.45, 7) is 3.97. The molecule has 5 atom stereocenters. The van der Waals surface area contributed by atoms with Crippen molar-refractivity contribution in [3.63, 3.8) is 0 Å². The van der Waals surface area contributed by atoms with Crippen molar-refractivity contribution < 1.29 is 92.4 Å². The second-order valence-corrected chi connectivity index (χ2v) is 4.81. The zero-order valence-electron chi connectivity index (χ0n) is 12.0. The van der Waals surface area contributed by atoms with Gasteiger partial charge in [0.1, 0.15) is 6.79 Å². The molecule has 0 unspecified atom stereocenters. The van der Waals surface area contributed by atoms with Crippen molar-refractivity contribution in [3.8, 4) is 0 Å². The number of hydrogen-bond donors (Lipinski definition) is 1. The van der Waals surface area contributed by atoms with Gasteiger partial charge in [-0.3, -0.25) is 0 Å². The molecule has 3 saturated heterocycles. The first kappa shape index (κ1) is 18.2. The third kappa shape index (κ3) is 4.23. The molecule has 0 radical (unpaired) electrons. The summed E-state index contributed by atoms with van der Waals surface area (Å²) in [5.74, 6) is 0. The Balaban J connectivity index is 0.00000110. The maximum Gasteiger partial charge on any atom is 0.147 e. The maximum absolute atomic E-state index is 9.53. The Morgan fingerprint density at radius 1 is 1.50 bits per heavy atom. The molecule has 6 nitrogen and oxygen atoms in total. The number of ether oxygens (including phenoxy) is 5. The van der Waals surface area contributed by atoms with Gasteiger partial charge in [-0.25, -0.2) is 6.61 Å². The van der Waals surface area contributed by atoms with Crippen LogP contribution in [0.15, 0.2) is 0 Å². The van der Waals surface area contributed by atoms with Crippen molar-refractivity contribution in [3.05, 3.63) is 13.2 Å². The van der Waals surface area contributed by atoms with Crippen LogP contribution in [-0.4, -0.2) is 55.1 Å². The Kier molecular flexibility index (Phi) is 7.87. The molecule has 0 aromatic heterocycles. The second-order valence-electron chi connectivity index (χ2n) is 4.81. The summed E-state index contributed by atoms with van der Waals surface area (Å²) < 4.78 is 34.6. The normalized spacial score (nSPS) is 43.0. The van der Waals surface area contributed by atoms with Gasteiger partial charge in [-0.15, -0.1) is 6.42 Å². The minimum atomic E-state index is -0.689. The Hall–Kier alpha value is 1.86. The number of rotatable bonds is 5. The maximum atomic E-state index is 9.53. The average molecular weight is 735 g/mol. The minimum absolute atomic E-state index is 0. The van der Waals surface area contributed by atoms with Crippen molar-refractivity contribution in [1.82, 2.24) is 0 Å². The molecule has 0 saturated carbocycles. The van der Waals surface area contributed by atoms with Crippen molar-refractivity contribution in [2.45, 2.75) is 43.3 Å². The summed E-state index contributed by atoms with van der Waals surface area (Å²) in [7, 11) is 0. The van der Waals surface area contributed by atoms with Crippen molar-refractivity contribution in [1.29, 1.82) is 0 Å². The van der Waals surface area contributed by atoms with Crippen LogP contribution in [-0.2, 0) is 23.7 Å². The van der Waals surface area contributed by atoms with Gasteiger partial charge in [0.25, 0.3) is 0 Å². The summed E-state index contributed by atoms with van der Waals surface area (Å²) in [5.41, 5.74) is -0.689. The Morgan fingerprint density at radius 3 is 2.95 bits per heavy atom. The molecular weight excluding hydrogens is 716 g/mol. The molecule has 3 aliphatic rings. The molecule has 0 aromatic carbocycles. The van der Waals surface area contributed by atoms with Crippen molar-refractivity contribution in [2.75, 3.05) is 20.0 Å². The Bertz CT molecular complexity index is 316. The van der Waals surface area contributed by atoms with Crippen LogP contribution in [0.4, 0.5) is 0 Å². The van der Waals surface area contributed by atoms with Gasteiger partial charge < -0.3 is 28.8 Å². The van der Waals surface area contributed by atoms with Crippen molar-refractivity contribution in [2.24, 2.45) is 0 Å². The summed E-state index contributed by atoms with van der Waals surface area (Å²) in [6, 6.07) is 0. The molecule has 2 bridgehead atoms. The zero-order chi connectivity index (χ0) is 13.3. The third-order valence-corrected chi connectivity index (χ3v) is 3.42. The molecule has 20 heavy (non-hydrogen) atoms. The van der Waals surface area contributed by atoms with Crippen LogP contribution >= 0.6 is 0 Å². The molecule has 3 aliphatic heterocycles. The van der Waals surface area contributed by atoms with Crippen molar-refractivity contribution >= 4 is 0 Å². The number of fused-ring (bicyclic) bond motifs is 2. The van der Waals surface area contributed by atoms with Gasteiger partial charge >= 0.3 is 0 Å². The standard InChI is InChI=1S/C12H18O6.2U/c1-12-6-16-10(5-18-12)11(12)17-7-14-4-9-8(13)2-3-15-9;;/h3,5,8-11,13H,2,4,6-7H2,1H3;;/q-2;;/t8-,9+,10-,11-,12-;;/m0../s1/i1D;;. The van der Waals surface area contributed by atoms with E-state index in [4.69, 9.17) is 25.1 Å². The zero-order valence-corrected chi connectivity index (χ0v) is 19.3. The fourth-order valence-corrected chi connectivity index (χ4v) is 2.32. The first-order chi connectivity index (χ1) is 9.25. The second kappa shape index (κ2) is 8.64. The molecule has 0 aromatic rings. The summed E-state index contributed by atoms with van der Waals surface area (Å²) in [6.07, 6.45) is -0.838. The van der Waals surface area contributed by atoms with Gasteiger partial charge in [0.2, 0.25) is 0 Å². The van der Waals surface area contributed by atoms with E-state index in [-0.39, 0.29) is 101 Å². The van der Waals surface area contributed by atoms with Crippen LogP contribution in [0.3, 0.4) is 0 Å². The van der Waals surface area contributed by atoms with E-state index in [0.717, 1.165) is 0 Å². The molecule has 3 rings (SSSR count). The van der Waals surface area contributed by atoms with Gasteiger partial charge in [-0.2, -0.15) is 6.61 Å². The number of aliphatic hydroxyl groups is 1. The van der Waals surface area contributed by atoms with E-state index in [9.17, 15) is 5.11 Å². The molecule has 0 spiro atoms. The summed E-state index contributed by atoms with van der Waals surface area (Å²) >= 11 is 0. The molecule has 112 valence electrons. The van der Waals surface area contributed by atoms with Crippen LogP contribution in [0.25, 0.3) is 0 Å². The van der Waals surface area contributed by atoms with Crippen LogP contribution < -0.4 is 0 Å². The van der Waals surface area contributed by atoms with E-state index in [2.05, 4.69) is 0 Å². The first-order valence-corrected chi connectivity index (χ1v) is 6.02. The fraction of sp³-hybridized carbons (Fsp3) is 0.833. The van der Waals surface area contributed by atoms with Gasteiger partial charge in [0.05, 0.1) is 37.1 Å². The van der Waals surface area contributed by atoms with Crippen LogP contribution in [0.5, 0.6) is 0 Å². The molecule has 1 N–H and O–H groups in total. The van der Waals surface area contributed by atoms with E-state index in [1.54, 1.807) is 13.2 Å². The topological polar surface area (TPSA) is 66.4 Å². The van der Waals surface area contributed by atoms with Gasteiger partial charge in [0.15, 0.2) is 0 Å². The van der Waals surface area contributed by atoms with Gasteiger partial charge in [-0.05, 0) is 13.0 Å². The third-order valence-electron chi connectivity index (χ3n) is 3.42. The first-order valence-electron chi connectivity index (χ1n) is 6.72. The summed E-state index contributed by atoms with van der Waals surface area (Å²) in [4.78, 5) is 0. The SMILES string of the molecule is [2H]C[C@@]12CO[C@@H]([CH-]O1)[C@@H]2OCOC[C@H]1O[CH-]C[C@@H]1O.[U].[U]. The molecule has 3 fully saturated rings. The predicted molar refractivity (Wildman–Crippen MR) is 59.0 cm³/mol. The minimum Gasteiger partial charge on any atom is -0.546 e. The van der Waals surface area contributed by atoms with E-state index in [1.807, 2.05) is 0 Å². The fourth-order valence-electron chi connectivity index (χ4n) is 2.32. The van der Waals surface area contributed by atoms with E-state index >= 15 is 0 Å². The molecule has 0 aliphatic carbocycles. The van der Waals surface area contributed by atoms with E-state index in [0.29, 0.717) is 13.0 Å². The quantitative estimate of drug-likeness (QED) is 0.244. The average Bonchev–Trinajstić information content (AvgIpc) is 3.09. The molecular formula is C12H18O6U2-2. The Morgan fingerprint density at radius 2 is 2.35 bits per heavy atom. The Labute approximate surface area is 167 Å². The van der Waals surface area contributed by atoms with E-state index < -0.39 is 11.7 Å². The van der Waals surface area contributed by atoms with Crippen LogP contribution in [0.1, 0.15) is 14.7 Å². The van der Waals surface area contributed by atoms with Gasteiger partial charge in [-0.1, -0.05) is 0 Å². The monoisotopic (exact) mass is 735 g/mol. The largest absolute Gasteiger partial charge is 0.546 e.